The van der Waals surface area contributed by atoms with E-state index in [0.717, 1.165) is 40.8 Å². The number of H-pyrrole nitrogens is 1. The van der Waals surface area contributed by atoms with Crippen LogP contribution in [0.2, 0.25) is 0 Å². The average Bonchev–Trinajstić information content (AvgIpc) is 3.84. The molecule has 7 nitrogen and oxygen atoms in total. The number of benzene rings is 3. The van der Waals surface area contributed by atoms with Crippen molar-refractivity contribution in [3.63, 3.8) is 0 Å². The fourth-order valence-electron chi connectivity index (χ4n) is 8.28. The fourth-order valence-corrected chi connectivity index (χ4v) is 8.28. The molecule has 3 fully saturated rings. The second-order valence-corrected chi connectivity index (χ2v) is 16.1. The molecule has 2 unspecified atom stereocenters. The maximum absolute atomic E-state index is 12.9. The SMILES string of the molecule is CC(C)(C)OC(=O)N1CCC[C@H]1c1nc2ccc(-c3ccc(-c4ccc(B5OC(C)(C)C(C)(C)O5)c5c4C4CCC5C4)cc3)cc2[nH]1. The van der Waals surface area contributed by atoms with Gasteiger partial charge in [-0.15, -0.1) is 0 Å². The second-order valence-electron chi connectivity index (χ2n) is 16.1. The second kappa shape index (κ2) is 10.7. The van der Waals surface area contributed by atoms with Crippen molar-refractivity contribution < 1.29 is 18.8 Å². The van der Waals surface area contributed by atoms with Crippen molar-refractivity contribution in [1.29, 1.82) is 0 Å². The third-order valence-electron chi connectivity index (χ3n) is 11.3. The lowest BCUT2D eigenvalue weighted by atomic mass is 9.70. The van der Waals surface area contributed by atoms with Gasteiger partial charge in [0.2, 0.25) is 0 Å². The van der Waals surface area contributed by atoms with E-state index in [1.807, 2.05) is 25.7 Å². The first-order chi connectivity index (χ1) is 22.3. The number of hydrogen-bond donors (Lipinski definition) is 1. The van der Waals surface area contributed by atoms with Crippen LogP contribution in [0.1, 0.15) is 115 Å². The highest BCUT2D eigenvalue weighted by Crippen LogP contribution is 2.55. The van der Waals surface area contributed by atoms with Crippen molar-refractivity contribution in [3.8, 4) is 22.3 Å². The molecule has 1 amide bonds. The summed E-state index contributed by atoms with van der Waals surface area (Å²) >= 11 is 0. The Hall–Kier alpha value is -3.62. The first-order valence-corrected chi connectivity index (χ1v) is 17.4. The molecule has 3 atom stereocenters. The summed E-state index contributed by atoms with van der Waals surface area (Å²) in [4.78, 5) is 23.1. The number of rotatable bonds is 4. The quantitative estimate of drug-likeness (QED) is 0.228. The Kier molecular flexibility index (Phi) is 6.99. The lowest BCUT2D eigenvalue weighted by molar-refractivity contribution is 0.00578. The summed E-state index contributed by atoms with van der Waals surface area (Å²) in [6.07, 6.45) is 5.28. The Morgan fingerprint density at radius 2 is 1.55 bits per heavy atom. The predicted octanol–water partition coefficient (Wildman–Crippen LogP) is 8.63. The Morgan fingerprint density at radius 1 is 0.894 bits per heavy atom. The van der Waals surface area contributed by atoms with Gasteiger partial charge in [-0.3, -0.25) is 4.90 Å². The zero-order valence-corrected chi connectivity index (χ0v) is 28.8. The molecule has 244 valence electrons. The highest BCUT2D eigenvalue weighted by atomic mass is 16.7. The van der Waals surface area contributed by atoms with Gasteiger partial charge in [-0.25, -0.2) is 9.78 Å². The van der Waals surface area contributed by atoms with Crippen molar-refractivity contribution in [3.05, 3.63) is 71.5 Å². The summed E-state index contributed by atoms with van der Waals surface area (Å²) in [6, 6.07) is 19.8. The normalized spacial score (nSPS) is 24.4. The number of imidazole rings is 1. The number of aromatic nitrogens is 2. The van der Waals surface area contributed by atoms with Crippen molar-refractivity contribution in [2.75, 3.05) is 6.54 Å². The van der Waals surface area contributed by atoms with Gasteiger partial charge in [0, 0.05) is 6.54 Å². The summed E-state index contributed by atoms with van der Waals surface area (Å²) in [5.41, 5.74) is 9.77. The Balaban J connectivity index is 1.06. The zero-order valence-electron chi connectivity index (χ0n) is 28.8. The van der Waals surface area contributed by atoms with Gasteiger partial charge in [0.1, 0.15) is 11.4 Å². The largest absolute Gasteiger partial charge is 0.495 e. The lowest BCUT2D eigenvalue weighted by Gasteiger charge is -2.32. The number of carbonyl (C=O) groups excluding carboxylic acids is 1. The monoisotopic (exact) mass is 631 g/mol. The fraction of sp³-hybridized carbons (Fsp3) is 0.487. The van der Waals surface area contributed by atoms with Crippen LogP contribution >= 0.6 is 0 Å². The van der Waals surface area contributed by atoms with Gasteiger partial charge < -0.3 is 19.0 Å². The maximum atomic E-state index is 12.9. The number of ether oxygens (including phenoxy) is 1. The molecule has 1 N–H and O–H groups in total. The molecule has 4 aromatic rings. The third kappa shape index (κ3) is 5.19. The van der Waals surface area contributed by atoms with Crippen LogP contribution in [-0.2, 0) is 14.0 Å². The molecule has 3 heterocycles. The standard InChI is InChI=1S/C39H46BN3O4/c1-37(2,3)45-36(44)43-20-8-9-32(43)35-41-30-19-16-25(22-31(30)42-35)23-10-12-24(13-11-23)28-17-18-29(34-27-15-14-26(21-27)33(28)34)40-46-38(4,5)39(6,7)47-40/h10-13,16-19,22,26-27,32H,8-9,14-15,20-21H2,1-7H3,(H,41,42)/t26?,27?,32-/m0/s1. The molecule has 2 aliphatic carbocycles. The number of aromatic amines is 1. The van der Waals surface area contributed by atoms with Crippen LogP contribution in [0, 0.1) is 0 Å². The number of likely N-dealkylation sites (tertiary alicyclic amines) is 1. The minimum absolute atomic E-state index is 0.104. The molecule has 47 heavy (non-hydrogen) atoms. The highest BCUT2D eigenvalue weighted by Gasteiger charge is 2.54. The minimum atomic E-state index is -0.528. The van der Waals surface area contributed by atoms with E-state index in [1.54, 1.807) is 0 Å². The molecule has 4 aliphatic rings. The van der Waals surface area contributed by atoms with E-state index in [-0.39, 0.29) is 30.5 Å². The first kappa shape index (κ1) is 30.7. The molecule has 1 saturated carbocycles. The number of nitrogens with one attached hydrogen (secondary N) is 1. The number of carbonyl (C=O) groups is 1. The van der Waals surface area contributed by atoms with Gasteiger partial charge in [-0.05, 0) is 143 Å². The first-order valence-electron chi connectivity index (χ1n) is 17.4. The molecular weight excluding hydrogens is 585 g/mol. The van der Waals surface area contributed by atoms with Gasteiger partial charge in [0.25, 0.3) is 0 Å². The van der Waals surface area contributed by atoms with E-state index in [2.05, 4.69) is 87.3 Å². The number of amides is 1. The minimum Gasteiger partial charge on any atom is -0.444 e. The number of fused-ring (bicyclic) bond motifs is 6. The molecule has 8 rings (SSSR count). The van der Waals surface area contributed by atoms with Crippen LogP contribution in [0.3, 0.4) is 0 Å². The van der Waals surface area contributed by atoms with E-state index in [0.29, 0.717) is 18.4 Å². The topological polar surface area (TPSA) is 76.7 Å². The molecule has 2 saturated heterocycles. The summed E-state index contributed by atoms with van der Waals surface area (Å²) in [6.45, 7) is 14.9. The molecule has 0 spiro atoms. The van der Waals surface area contributed by atoms with Crippen LogP contribution in [0.15, 0.2) is 54.6 Å². The third-order valence-corrected chi connectivity index (χ3v) is 11.3. The van der Waals surface area contributed by atoms with E-state index in [4.69, 9.17) is 19.0 Å². The van der Waals surface area contributed by atoms with Gasteiger partial charge in [0.15, 0.2) is 0 Å². The van der Waals surface area contributed by atoms with E-state index in [9.17, 15) is 4.79 Å². The maximum Gasteiger partial charge on any atom is 0.495 e. The van der Waals surface area contributed by atoms with E-state index in [1.165, 1.54) is 47.0 Å². The molecule has 3 aromatic carbocycles. The number of nitrogens with zero attached hydrogens (tertiary/aromatic N) is 2. The van der Waals surface area contributed by atoms with Gasteiger partial charge >= 0.3 is 13.2 Å². The average molecular weight is 632 g/mol. The molecule has 0 radical (unpaired) electrons. The number of hydrogen-bond acceptors (Lipinski definition) is 5. The van der Waals surface area contributed by atoms with Crippen molar-refractivity contribution in [2.24, 2.45) is 0 Å². The van der Waals surface area contributed by atoms with Crippen LogP contribution < -0.4 is 5.46 Å². The van der Waals surface area contributed by atoms with Crippen molar-refractivity contribution >= 4 is 29.7 Å². The Morgan fingerprint density at radius 3 is 2.26 bits per heavy atom. The van der Waals surface area contributed by atoms with Gasteiger partial charge in [0.05, 0.1) is 28.3 Å². The van der Waals surface area contributed by atoms with E-state index >= 15 is 0 Å². The van der Waals surface area contributed by atoms with Crippen LogP contribution in [0.5, 0.6) is 0 Å². The smallest absolute Gasteiger partial charge is 0.444 e. The molecular formula is C39H46BN3O4. The molecule has 2 aliphatic heterocycles. The zero-order chi connectivity index (χ0) is 32.9. The predicted molar refractivity (Wildman–Crippen MR) is 187 cm³/mol. The van der Waals surface area contributed by atoms with Gasteiger partial charge in [-0.2, -0.15) is 0 Å². The summed E-state index contributed by atoms with van der Waals surface area (Å²) in [5, 5.41) is 0. The molecule has 2 bridgehead atoms. The summed E-state index contributed by atoms with van der Waals surface area (Å²) in [7, 11) is -0.323. The lowest BCUT2D eigenvalue weighted by Crippen LogP contribution is -2.41. The highest BCUT2D eigenvalue weighted by molar-refractivity contribution is 6.62. The Labute approximate surface area is 278 Å². The Bertz CT molecular complexity index is 1860. The molecule has 8 heteroatoms. The van der Waals surface area contributed by atoms with Crippen molar-refractivity contribution in [1.82, 2.24) is 14.9 Å². The van der Waals surface area contributed by atoms with Crippen molar-refractivity contribution in [2.45, 2.75) is 115 Å². The van der Waals surface area contributed by atoms with Crippen LogP contribution in [-0.4, -0.2) is 51.4 Å². The van der Waals surface area contributed by atoms with Crippen LogP contribution in [0.25, 0.3) is 33.3 Å². The summed E-state index contributed by atoms with van der Waals surface area (Å²) in [5.74, 6) is 2.02. The van der Waals surface area contributed by atoms with Crippen LogP contribution in [0.4, 0.5) is 4.79 Å². The summed E-state index contributed by atoms with van der Waals surface area (Å²) < 4.78 is 18.8. The van der Waals surface area contributed by atoms with Gasteiger partial charge in [-0.1, -0.05) is 42.5 Å². The molecule has 1 aromatic heterocycles. The van der Waals surface area contributed by atoms with E-state index < -0.39 is 5.60 Å².